The van der Waals surface area contributed by atoms with Crippen LogP contribution in [0.3, 0.4) is 0 Å². The van der Waals surface area contributed by atoms with E-state index in [1.165, 1.54) is 36.6 Å². The maximum Gasteiger partial charge on any atom is 0.337 e. The number of unbranched alkanes of at least 4 members (excludes halogenated alkanes) is 2. The monoisotopic (exact) mass is 491 g/mol. The number of aryl methyl sites for hydroxylation is 1. The molecule has 0 aliphatic carbocycles. The van der Waals surface area contributed by atoms with Crippen LogP contribution in [0, 0.1) is 6.92 Å². The molecule has 2 aromatic carbocycles. The first-order valence-corrected chi connectivity index (χ1v) is 11.8. The minimum Gasteiger partial charge on any atom is -0.494 e. The molecule has 0 unspecified atom stereocenters. The van der Waals surface area contributed by atoms with Gasteiger partial charge in [0.2, 0.25) is 0 Å². The van der Waals surface area contributed by atoms with Gasteiger partial charge in [-0.05, 0) is 67.8 Å². The highest BCUT2D eigenvalue weighted by atomic mass is 16.5. The molecule has 0 radical (unpaired) electrons. The first kappa shape index (κ1) is 30.0. The zero-order valence-electron chi connectivity index (χ0n) is 21.4. The van der Waals surface area contributed by atoms with Crippen molar-refractivity contribution in [3.8, 4) is 11.5 Å². The minimum atomic E-state index is -1.12. The van der Waals surface area contributed by atoms with Gasteiger partial charge in [0.1, 0.15) is 11.5 Å². The molecule has 0 saturated carbocycles. The zero-order chi connectivity index (χ0) is 26.8. The Balaban J connectivity index is 0.000000457. The SMILES string of the molecule is C=C/C=C(C(=O)O)\C(=C/C)NO.C=Cc1ccc(OCCCCC)cc1/C=C\Oc1ccc(C)cc1. The van der Waals surface area contributed by atoms with Crippen molar-refractivity contribution in [2.45, 2.75) is 40.0 Å². The van der Waals surface area contributed by atoms with Crippen molar-refractivity contribution in [3.63, 3.8) is 0 Å². The Bertz CT molecular complexity index is 1070. The maximum atomic E-state index is 10.5. The molecule has 0 aliphatic rings. The third-order valence-corrected chi connectivity index (χ3v) is 4.98. The zero-order valence-corrected chi connectivity index (χ0v) is 21.4. The lowest BCUT2D eigenvalue weighted by Crippen LogP contribution is -2.14. The highest BCUT2D eigenvalue weighted by Gasteiger charge is 2.10. The van der Waals surface area contributed by atoms with Gasteiger partial charge < -0.3 is 14.6 Å². The predicted molar refractivity (Wildman–Crippen MR) is 147 cm³/mol. The second-order valence-electron chi connectivity index (χ2n) is 7.72. The van der Waals surface area contributed by atoms with Crippen LogP contribution in [-0.2, 0) is 4.79 Å². The molecule has 6 nitrogen and oxygen atoms in total. The topological polar surface area (TPSA) is 88.0 Å². The second kappa shape index (κ2) is 17.4. The number of ether oxygens (including phenoxy) is 2. The van der Waals surface area contributed by atoms with Crippen LogP contribution in [0.4, 0.5) is 0 Å². The van der Waals surface area contributed by atoms with Crippen molar-refractivity contribution in [1.29, 1.82) is 0 Å². The van der Waals surface area contributed by atoms with Gasteiger partial charge in [0.25, 0.3) is 0 Å². The molecule has 0 spiro atoms. The van der Waals surface area contributed by atoms with E-state index in [0.29, 0.717) is 0 Å². The average molecular weight is 492 g/mol. The van der Waals surface area contributed by atoms with Crippen molar-refractivity contribution in [1.82, 2.24) is 5.48 Å². The summed E-state index contributed by atoms with van der Waals surface area (Å²) in [6.45, 7) is 13.8. The lowest BCUT2D eigenvalue weighted by atomic mass is 10.1. The number of hydrogen-bond donors (Lipinski definition) is 3. The van der Waals surface area contributed by atoms with Gasteiger partial charge in [-0.2, -0.15) is 0 Å². The normalized spacial score (nSPS) is 11.3. The number of hydrogen-bond acceptors (Lipinski definition) is 5. The fourth-order valence-electron chi connectivity index (χ4n) is 2.99. The molecule has 0 atom stereocenters. The molecule has 192 valence electrons. The number of allylic oxidation sites excluding steroid dienone is 3. The largest absolute Gasteiger partial charge is 0.494 e. The van der Waals surface area contributed by atoms with E-state index in [2.05, 4.69) is 27.0 Å². The summed E-state index contributed by atoms with van der Waals surface area (Å²) in [7, 11) is 0. The van der Waals surface area contributed by atoms with E-state index in [4.69, 9.17) is 19.8 Å². The number of rotatable bonds is 13. The van der Waals surface area contributed by atoms with Gasteiger partial charge in [-0.25, -0.2) is 4.79 Å². The Morgan fingerprint density at radius 3 is 2.31 bits per heavy atom. The molecule has 0 aromatic heterocycles. The highest BCUT2D eigenvalue weighted by molar-refractivity contribution is 5.91. The first-order valence-electron chi connectivity index (χ1n) is 11.8. The number of aliphatic carboxylic acids is 1. The predicted octanol–water partition coefficient (Wildman–Crippen LogP) is 7.32. The fourth-order valence-corrected chi connectivity index (χ4v) is 2.99. The Kier molecular flexibility index (Phi) is 14.5. The van der Waals surface area contributed by atoms with Crippen LogP contribution in [0.15, 0.2) is 91.4 Å². The standard InChI is InChI=1S/C22H26O2.C8H11NO3/c1-4-6-7-15-23-22-13-10-19(5-2)20(17-22)14-16-24-21-11-8-18(3)9-12-21;1-3-5-6(8(10)11)7(4-2)9-12/h5,8-14,16-17H,2,4,6-7,15H2,1,3H3;3-5,9,12H,1H2,2H3,(H,10,11)/b16-14-;6-5+,7-4+. The molecule has 6 heteroatoms. The van der Waals surface area contributed by atoms with Crippen molar-refractivity contribution in [2.24, 2.45) is 0 Å². The van der Waals surface area contributed by atoms with Crippen LogP contribution < -0.4 is 15.0 Å². The number of carboxylic acid groups (broad SMARTS) is 1. The Hall–Kier alpha value is -4.03. The minimum absolute atomic E-state index is 0.0324. The summed E-state index contributed by atoms with van der Waals surface area (Å²) in [5, 5.41) is 17.1. The molecule has 0 aliphatic heterocycles. The van der Waals surface area contributed by atoms with Gasteiger partial charge in [0.05, 0.1) is 24.1 Å². The second-order valence-corrected chi connectivity index (χ2v) is 7.72. The molecular weight excluding hydrogens is 454 g/mol. The van der Waals surface area contributed by atoms with Crippen LogP contribution >= 0.6 is 0 Å². The Morgan fingerprint density at radius 1 is 1.06 bits per heavy atom. The molecule has 0 fully saturated rings. The van der Waals surface area contributed by atoms with Crippen molar-refractivity contribution >= 4 is 18.1 Å². The van der Waals surface area contributed by atoms with Crippen molar-refractivity contribution in [3.05, 3.63) is 108 Å². The third kappa shape index (κ3) is 10.9. The molecule has 2 aromatic rings. The fraction of sp³-hybridized carbons (Fsp3) is 0.233. The van der Waals surface area contributed by atoms with E-state index in [-0.39, 0.29) is 11.3 Å². The van der Waals surface area contributed by atoms with Gasteiger partial charge in [-0.3, -0.25) is 10.7 Å². The molecular formula is C30H37NO5. The van der Waals surface area contributed by atoms with Gasteiger partial charge in [0.15, 0.2) is 0 Å². The summed E-state index contributed by atoms with van der Waals surface area (Å²) in [6, 6.07) is 14.0. The smallest absolute Gasteiger partial charge is 0.337 e. The maximum absolute atomic E-state index is 10.5. The average Bonchev–Trinajstić information content (AvgIpc) is 2.88. The number of hydroxylamine groups is 1. The van der Waals surface area contributed by atoms with E-state index < -0.39 is 5.97 Å². The van der Waals surface area contributed by atoms with Gasteiger partial charge >= 0.3 is 5.97 Å². The van der Waals surface area contributed by atoms with Crippen LogP contribution in [0.25, 0.3) is 12.2 Å². The molecule has 36 heavy (non-hydrogen) atoms. The van der Waals surface area contributed by atoms with Crippen LogP contribution in [-0.4, -0.2) is 22.9 Å². The van der Waals surface area contributed by atoms with Gasteiger partial charge in [-0.15, -0.1) is 0 Å². The number of benzene rings is 2. The number of carboxylic acids is 1. The Morgan fingerprint density at radius 2 is 1.75 bits per heavy atom. The lowest BCUT2D eigenvalue weighted by Gasteiger charge is -2.09. The number of nitrogens with one attached hydrogen (secondary N) is 1. The first-order chi connectivity index (χ1) is 17.4. The number of carbonyl (C=O) groups is 1. The molecule has 3 N–H and O–H groups in total. The van der Waals surface area contributed by atoms with E-state index in [0.717, 1.165) is 35.7 Å². The molecule has 0 saturated heterocycles. The van der Waals surface area contributed by atoms with E-state index >= 15 is 0 Å². The van der Waals surface area contributed by atoms with E-state index in [9.17, 15) is 4.79 Å². The van der Waals surface area contributed by atoms with E-state index in [1.54, 1.807) is 18.7 Å². The van der Waals surface area contributed by atoms with Gasteiger partial charge in [-0.1, -0.05) is 74.9 Å². The molecule has 0 heterocycles. The third-order valence-electron chi connectivity index (χ3n) is 4.98. The van der Waals surface area contributed by atoms with Crippen LogP contribution in [0.5, 0.6) is 11.5 Å². The molecule has 0 amide bonds. The van der Waals surface area contributed by atoms with Crippen LogP contribution in [0.1, 0.15) is 49.8 Å². The quantitative estimate of drug-likeness (QED) is 0.0894. The van der Waals surface area contributed by atoms with Crippen molar-refractivity contribution in [2.75, 3.05) is 6.61 Å². The Labute approximate surface area is 214 Å². The summed E-state index contributed by atoms with van der Waals surface area (Å²) >= 11 is 0. The molecule has 2 rings (SSSR count). The highest BCUT2D eigenvalue weighted by Crippen LogP contribution is 2.21. The van der Waals surface area contributed by atoms with Crippen molar-refractivity contribution < 1.29 is 24.6 Å². The molecule has 0 bridgehead atoms. The lowest BCUT2D eigenvalue weighted by molar-refractivity contribution is -0.132. The summed E-state index contributed by atoms with van der Waals surface area (Å²) in [6.07, 6.45) is 13.0. The summed E-state index contributed by atoms with van der Waals surface area (Å²) in [5.74, 6) is 0.584. The summed E-state index contributed by atoms with van der Waals surface area (Å²) in [4.78, 5) is 10.5. The summed E-state index contributed by atoms with van der Waals surface area (Å²) in [5.41, 5.74) is 5.19. The van der Waals surface area contributed by atoms with Gasteiger partial charge in [0, 0.05) is 0 Å². The summed E-state index contributed by atoms with van der Waals surface area (Å²) < 4.78 is 11.5. The van der Waals surface area contributed by atoms with Crippen LogP contribution in [0.2, 0.25) is 0 Å². The van der Waals surface area contributed by atoms with E-state index in [1.807, 2.05) is 54.6 Å².